The maximum absolute atomic E-state index is 13.9. The molecule has 1 saturated carbocycles. The van der Waals surface area contributed by atoms with Crippen molar-refractivity contribution in [3.05, 3.63) is 92.4 Å². The summed E-state index contributed by atoms with van der Waals surface area (Å²) < 4.78 is 25.6. The van der Waals surface area contributed by atoms with Crippen LogP contribution < -0.4 is 10.6 Å². The van der Waals surface area contributed by atoms with Crippen molar-refractivity contribution in [3.63, 3.8) is 0 Å². The summed E-state index contributed by atoms with van der Waals surface area (Å²) in [5.41, 5.74) is 0.622. The predicted octanol–water partition coefficient (Wildman–Crippen LogP) is 7.70. The van der Waals surface area contributed by atoms with Crippen LogP contribution in [0.25, 0.3) is 0 Å². The summed E-state index contributed by atoms with van der Waals surface area (Å²) in [6.45, 7) is 0. The Hall–Kier alpha value is -2.09. The van der Waals surface area contributed by atoms with Crippen molar-refractivity contribution >= 4 is 81.2 Å². The van der Waals surface area contributed by atoms with Crippen molar-refractivity contribution in [1.82, 2.24) is 0 Å². The minimum atomic E-state index is -1.37. The molecule has 0 heterocycles. The average molecular weight is 565 g/mol. The van der Waals surface area contributed by atoms with Crippen LogP contribution in [0.1, 0.15) is 21.8 Å². The molecule has 0 radical (unpaired) electrons. The third kappa shape index (κ3) is 4.97. The molecular formula is C23H13Cl5F2N2O2. The third-order valence-corrected chi connectivity index (χ3v) is 7.31. The van der Waals surface area contributed by atoms with Crippen molar-refractivity contribution in [1.29, 1.82) is 0 Å². The fourth-order valence-electron chi connectivity index (χ4n) is 3.55. The van der Waals surface area contributed by atoms with Crippen LogP contribution in [0.3, 0.4) is 0 Å². The summed E-state index contributed by atoms with van der Waals surface area (Å²) in [6.07, 6.45) is 0. The number of anilines is 2. The fourth-order valence-corrected chi connectivity index (χ4v) is 4.89. The summed E-state index contributed by atoms with van der Waals surface area (Å²) in [6, 6.07) is 11.8. The second-order valence-corrected chi connectivity index (χ2v) is 10.2. The molecule has 1 aliphatic carbocycles. The number of rotatable bonds is 5. The number of hydrogen-bond donors (Lipinski definition) is 2. The normalized spacial score (nSPS) is 18.3. The molecule has 3 aromatic rings. The highest BCUT2D eigenvalue weighted by molar-refractivity contribution is 6.53. The van der Waals surface area contributed by atoms with E-state index in [0.29, 0.717) is 21.7 Å². The van der Waals surface area contributed by atoms with Crippen LogP contribution in [0, 0.1) is 17.6 Å². The fraction of sp³-hybridized carbons (Fsp3) is 0.130. The molecule has 0 spiro atoms. The Bertz CT molecular complexity index is 1320. The SMILES string of the molecule is O=C(Nc1ccc(F)cc1F)c1cc(NC(=O)C2C(c3ccc(Cl)c(Cl)c3)C2(Cl)Cl)ccc1Cl. The van der Waals surface area contributed by atoms with Gasteiger partial charge in [0.05, 0.1) is 32.2 Å². The Balaban J connectivity index is 1.51. The van der Waals surface area contributed by atoms with Crippen LogP contribution >= 0.6 is 58.0 Å². The monoisotopic (exact) mass is 562 g/mol. The maximum atomic E-state index is 13.9. The molecule has 0 bridgehead atoms. The summed E-state index contributed by atoms with van der Waals surface area (Å²) >= 11 is 30.9. The third-order valence-electron chi connectivity index (χ3n) is 5.30. The van der Waals surface area contributed by atoms with Crippen LogP contribution in [-0.4, -0.2) is 16.1 Å². The lowest BCUT2D eigenvalue weighted by atomic mass is 10.1. The highest BCUT2D eigenvalue weighted by atomic mass is 35.5. The highest BCUT2D eigenvalue weighted by Crippen LogP contribution is 2.65. The summed E-state index contributed by atoms with van der Waals surface area (Å²) in [5, 5.41) is 5.70. The van der Waals surface area contributed by atoms with Gasteiger partial charge in [-0.3, -0.25) is 9.59 Å². The van der Waals surface area contributed by atoms with Crippen LogP contribution in [-0.2, 0) is 4.79 Å². The van der Waals surface area contributed by atoms with Gasteiger partial charge in [-0.25, -0.2) is 8.78 Å². The Morgan fingerprint density at radius 2 is 1.53 bits per heavy atom. The van der Waals surface area contributed by atoms with E-state index in [2.05, 4.69) is 10.6 Å². The molecule has 0 aliphatic heterocycles. The molecule has 4 nitrogen and oxygen atoms in total. The molecule has 1 fully saturated rings. The summed E-state index contributed by atoms with van der Waals surface area (Å²) in [5.74, 6) is -4.30. The molecule has 2 amide bonds. The highest BCUT2D eigenvalue weighted by Gasteiger charge is 2.67. The zero-order chi connectivity index (χ0) is 24.8. The maximum Gasteiger partial charge on any atom is 0.257 e. The number of halogens is 7. The molecule has 2 atom stereocenters. The number of carbonyl (C=O) groups is 2. The zero-order valence-electron chi connectivity index (χ0n) is 16.8. The smallest absolute Gasteiger partial charge is 0.257 e. The van der Waals surface area contributed by atoms with Gasteiger partial charge >= 0.3 is 0 Å². The summed E-state index contributed by atoms with van der Waals surface area (Å²) in [7, 11) is 0. The molecule has 4 rings (SSSR count). The first-order valence-electron chi connectivity index (χ1n) is 9.68. The van der Waals surface area contributed by atoms with E-state index in [9.17, 15) is 18.4 Å². The Labute approximate surface area is 218 Å². The molecule has 176 valence electrons. The van der Waals surface area contributed by atoms with Crippen LogP contribution in [0.4, 0.5) is 20.2 Å². The number of carbonyl (C=O) groups excluding carboxylic acids is 2. The largest absolute Gasteiger partial charge is 0.326 e. The van der Waals surface area contributed by atoms with Crippen molar-refractivity contribution in [2.75, 3.05) is 10.6 Å². The first kappa shape index (κ1) is 25.0. The lowest BCUT2D eigenvalue weighted by molar-refractivity contribution is -0.117. The standard InChI is InChI=1S/C23H13Cl5F2N2O2/c24-14-5-3-12(9-13(14)21(33)32-18-6-2-11(29)8-17(18)30)31-22(34)20-19(23(20,27)28)10-1-4-15(25)16(26)7-10/h1-9,19-20H,(H,31,34)(H,32,33). The predicted molar refractivity (Wildman–Crippen MR) is 132 cm³/mol. The molecular weight excluding hydrogens is 552 g/mol. The van der Waals surface area contributed by atoms with Crippen LogP contribution in [0.15, 0.2) is 54.6 Å². The Morgan fingerprint density at radius 3 is 2.21 bits per heavy atom. The van der Waals surface area contributed by atoms with E-state index in [4.69, 9.17) is 58.0 Å². The molecule has 2 N–H and O–H groups in total. The van der Waals surface area contributed by atoms with Gasteiger partial charge in [0, 0.05) is 17.7 Å². The van der Waals surface area contributed by atoms with Crippen molar-refractivity contribution < 1.29 is 18.4 Å². The number of alkyl halides is 2. The van der Waals surface area contributed by atoms with Crippen molar-refractivity contribution in [3.8, 4) is 0 Å². The van der Waals surface area contributed by atoms with Crippen LogP contribution in [0.5, 0.6) is 0 Å². The van der Waals surface area contributed by atoms with Crippen LogP contribution in [0.2, 0.25) is 15.1 Å². The number of hydrogen-bond acceptors (Lipinski definition) is 2. The topological polar surface area (TPSA) is 58.2 Å². The molecule has 1 aliphatic rings. The van der Waals surface area contributed by atoms with Gasteiger partial charge in [-0.2, -0.15) is 0 Å². The van der Waals surface area contributed by atoms with E-state index in [1.54, 1.807) is 18.2 Å². The second-order valence-electron chi connectivity index (χ2n) is 7.57. The van der Waals surface area contributed by atoms with E-state index in [1.807, 2.05) is 0 Å². The Morgan fingerprint density at radius 1 is 0.824 bits per heavy atom. The van der Waals surface area contributed by atoms with Crippen molar-refractivity contribution in [2.24, 2.45) is 5.92 Å². The number of amides is 2. The number of benzene rings is 3. The number of nitrogens with one attached hydrogen (secondary N) is 2. The van der Waals surface area contributed by atoms with Crippen molar-refractivity contribution in [2.45, 2.75) is 10.3 Å². The van der Waals surface area contributed by atoms with Gasteiger partial charge in [0.2, 0.25) is 5.91 Å². The molecule has 3 aromatic carbocycles. The lowest BCUT2D eigenvalue weighted by Gasteiger charge is -2.11. The average Bonchev–Trinajstić information content (AvgIpc) is 3.35. The van der Waals surface area contributed by atoms with E-state index in [1.165, 1.54) is 18.2 Å². The Kier molecular flexibility index (Phi) is 7.00. The lowest BCUT2D eigenvalue weighted by Crippen LogP contribution is -2.18. The molecule has 11 heteroatoms. The second kappa shape index (κ2) is 9.51. The minimum absolute atomic E-state index is 0.0389. The molecule has 0 saturated heterocycles. The molecule has 2 unspecified atom stereocenters. The first-order valence-corrected chi connectivity index (χ1v) is 11.6. The van der Waals surface area contributed by atoms with Gasteiger partial charge in [-0.1, -0.05) is 40.9 Å². The summed E-state index contributed by atoms with van der Waals surface area (Å²) in [4.78, 5) is 25.5. The molecule has 0 aromatic heterocycles. The van der Waals surface area contributed by atoms with Gasteiger partial charge in [-0.05, 0) is 48.0 Å². The minimum Gasteiger partial charge on any atom is -0.326 e. The van der Waals surface area contributed by atoms with E-state index in [-0.39, 0.29) is 22.0 Å². The van der Waals surface area contributed by atoms with Gasteiger partial charge in [0.25, 0.3) is 5.91 Å². The first-order chi connectivity index (χ1) is 16.0. The van der Waals surface area contributed by atoms with Gasteiger partial charge < -0.3 is 10.6 Å². The molecule has 34 heavy (non-hydrogen) atoms. The zero-order valence-corrected chi connectivity index (χ0v) is 20.6. The van der Waals surface area contributed by atoms with E-state index in [0.717, 1.165) is 12.1 Å². The van der Waals surface area contributed by atoms with Gasteiger partial charge in [-0.15, -0.1) is 23.2 Å². The van der Waals surface area contributed by atoms with Gasteiger partial charge in [0.15, 0.2) is 0 Å². The van der Waals surface area contributed by atoms with E-state index >= 15 is 0 Å². The van der Waals surface area contributed by atoms with Gasteiger partial charge in [0.1, 0.15) is 16.0 Å². The van der Waals surface area contributed by atoms with E-state index < -0.39 is 39.6 Å². The quantitative estimate of drug-likeness (QED) is 0.312.